The molecule has 0 spiro atoms. The first-order valence-corrected chi connectivity index (χ1v) is 6.65. The van der Waals surface area contributed by atoms with Gasteiger partial charge in [0.05, 0.1) is 5.52 Å². The number of rotatable bonds is 1. The minimum absolute atomic E-state index is 0.296. The number of hydrogen-bond donors (Lipinski definition) is 1. The highest BCUT2D eigenvalue weighted by molar-refractivity contribution is 5.85. The molecule has 1 fully saturated rings. The van der Waals surface area contributed by atoms with E-state index in [1.54, 1.807) is 11.6 Å². The molecule has 19 heavy (non-hydrogen) atoms. The Kier molecular flexibility index (Phi) is 2.86. The van der Waals surface area contributed by atoms with Crippen molar-refractivity contribution in [3.8, 4) is 0 Å². The molecule has 1 N–H and O–H groups in total. The minimum Gasteiger partial charge on any atom is -0.408 e. The highest BCUT2D eigenvalue weighted by Gasteiger charge is 2.19. The van der Waals surface area contributed by atoms with Crippen LogP contribution in [0.3, 0.4) is 0 Å². The van der Waals surface area contributed by atoms with Crippen LogP contribution >= 0.6 is 0 Å². The van der Waals surface area contributed by atoms with Gasteiger partial charge in [-0.1, -0.05) is 0 Å². The Bertz CT molecular complexity index is 678. The molecule has 1 aliphatic heterocycles. The van der Waals surface area contributed by atoms with Gasteiger partial charge in [-0.3, -0.25) is 4.57 Å². The number of fused-ring (bicyclic) bond motifs is 1. The standard InChI is InChI=1S/C14H19N3O2/c1-9-8-11-13(16(3)14(18)19-11)10(2)12(9)17-6-4-15-5-7-17/h8,15H,4-7H2,1-3H3. The van der Waals surface area contributed by atoms with Gasteiger partial charge >= 0.3 is 5.76 Å². The molecule has 102 valence electrons. The van der Waals surface area contributed by atoms with E-state index in [4.69, 9.17) is 4.42 Å². The monoisotopic (exact) mass is 261 g/mol. The zero-order valence-corrected chi connectivity index (χ0v) is 11.6. The molecule has 1 aromatic carbocycles. The van der Waals surface area contributed by atoms with Gasteiger partial charge in [-0.05, 0) is 25.5 Å². The zero-order chi connectivity index (χ0) is 13.6. The average Bonchev–Trinajstić information content (AvgIpc) is 2.66. The van der Waals surface area contributed by atoms with Crippen LogP contribution in [0.4, 0.5) is 5.69 Å². The van der Waals surface area contributed by atoms with Crippen LogP contribution in [0.25, 0.3) is 11.1 Å². The van der Waals surface area contributed by atoms with E-state index in [0.29, 0.717) is 5.58 Å². The average molecular weight is 261 g/mol. The summed E-state index contributed by atoms with van der Waals surface area (Å²) in [5, 5.41) is 3.36. The van der Waals surface area contributed by atoms with Crippen molar-refractivity contribution in [1.29, 1.82) is 0 Å². The summed E-state index contributed by atoms with van der Waals surface area (Å²) in [6, 6.07) is 1.97. The van der Waals surface area contributed by atoms with E-state index in [-0.39, 0.29) is 5.76 Å². The Morgan fingerprint density at radius 2 is 1.95 bits per heavy atom. The fourth-order valence-corrected chi connectivity index (χ4v) is 3.05. The third-order valence-corrected chi connectivity index (χ3v) is 3.90. The van der Waals surface area contributed by atoms with Crippen molar-refractivity contribution in [3.63, 3.8) is 0 Å². The molecule has 0 aliphatic carbocycles. The molecule has 0 atom stereocenters. The van der Waals surface area contributed by atoms with E-state index < -0.39 is 0 Å². The van der Waals surface area contributed by atoms with Gasteiger partial charge in [-0.15, -0.1) is 0 Å². The number of piperazine rings is 1. The molecule has 2 aromatic rings. The van der Waals surface area contributed by atoms with E-state index in [1.165, 1.54) is 11.3 Å². The molecule has 0 saturated carbocycles. The van der Waals surface area contributed by atoms with Crippen molar-refractivity contribution in [3.05, 3.63) is 27.7 Å². The molecule has 3 rings (SSSR count). The van der Waals surface area contributed by atoms with Crippen LogP contribution in [-0.4, -0.2) is 30.7 Å². The molecule has 0 bridgehead atoms. The number of nitrogens with zero attached hydrogens (tertiary/aromatic N) is 2. The Balaban J connectivity index is 2.23. The Hall–Kier alpha value is -1.75. The van der Waals surface area contributed by atoms with Crippen LogP contribution in [0.15, 0.2) is 15.3 Å². The quantitative estimate of drug-likeness (QED) is 0.837. The SMILES string of the molecule is Cc1cc2oc(=O)n(C)c2c(C)c1N1CCNCC1. The van der Waals surface area contributed by atoms with Gasteiger partial charge in [0, 0.05) is 44.5 Å². The molecule has 1 aliphatic rings. The topological polar surface area (TPSA) is 50.4 Å². The third kappa shape index (κ3) is 1.85. The van der Waals surface area contributed by atoms with Gasteiger partial charge in [-0.25, -0.2) is 4.79 Å². The predicted molar refractivity (Wildman–Crippen MR) is 76.0 cm³/mol. The minimum atomic E-state index is -0.296. The Labute approximate surface area is 111 Å². The van der Waals surface area contributed by atoms with Gasteiger partial charge in [0.15, 0.2) is 5.58 Å². The summed E-state index contributed by atoms with van der Waals surface area (Å²) in [7, 11) is 1.76. The lowest BCUT2D eigenvalue weighted by molar-refractivity contribution is 0.528. The highest BCUT2D eigenvalue weighted by Crippen LogP contribution is 2.31. The smallest absolute Gasteiger partial charge is 0.408 e. The third-order valence-electron chi connectivity index (χ3n) is 3.90. The van der Waals surface area contributed by atoms with E-state index in [2.05, 4.69) is 24.1 Å². The Morgan fingerprint density at radius 1 is 1.26 bits per heavy atom. The summed E-state index contributed by atoms with van der Waals surface area (Å²) in [4.78, 5) is 14.0. The number of hydrogen-bond acceptors (Lipinski definition) is 4. The van der Waals surface area contributed by atoms with Gasteiger partial charge in [0.1, 0.15) is 0 Å². The fourth-order valence-electron chi connectivity index (χ4n) is 3.05. The summed E-state index contributed by atoms with van der Waals surface area (Å²) in [5.41, 5.74) is 5.13. The summed E-state index contributed by atoms with van der Waals surface area (Å²) < 4.78 is 6.87. The van der Waals surface area contributed by atoms with E-state index in [1.807, 2.05) is 6.07 Å². The number of aromatic nitrogens is 1. The molecule has 1 saturated heterocycles. The van der Waals surface area contributed by atoms with Crippen molar-refractivity contribution in [2.24, 2.45) is 7.05 Å². The number of oxazole rings is 1. The molecule has 0 amide bonds. The normalized spacial score (nSPS) is 16.3. The van der Waals surface area contributed by atoms with Gasteiger partial charge in [0.2, 0.25) is 0 Å². The summed E-state index contributed by atoms with van der Waals surface area (Å²) >= 11 is 0. The van der Waals surface area contributed by atoms with Crippen LogP contribution in [0, 0.1) is 13.8 Å². The van der Waals surface area contributed by atoms with Crippen LogP contribution < -0.4 is 16.0 Å². The van der Waals surface area contributed by atoms with E-state index >= 15 is 0 Å². The first kappa shape index (κ1) is 12.3. The van der Waals surface area contributed by atoms with Crippen molar-refractivity contribution >= 4 is 16.8 Å². The second-order valence-electron chi connectivity index (χ2n) is 5.18. The molecule has 0 radical (unpaired) electrons. The van der Waals surface area contributed by atoms with Crippen LogP contribution in [-0.2, 0) is 7.05 Å². The molecule has 0 unspecified atom stereocenters. The molecule has 2 heterocycles. The fraction of sp³-hybridized carbons (Fsp3) is 0.500. The van der Waals surface area contributed by atoms with Crippen molar-refractivity contribution in [1.82, 2.24) is 9.88 Å². The lowest BCUT2D eigenvalue weighted by Gasteiger charge is -2.32. The molecule has 5 heteroatoms. The predicted octanol–water partition coefficient (Wildman–Crippen LogP) is 1.16. The largest absolute Gasteiger partial charge is 0.419 e. The number of anilines is 1. The second kappa shape index (κ2) is 4.42. The maximum Gasteiger partial charge on any atom is 0.419 e. The van der Waals surface area contributed by atoms with Crippen molar-refractivity contribution < 1.29 is 4.42 Å². The van der Waals surface area contributed by atoms with Gasteiger partial charge in [0.25, 0.3) is 0 Å². The first-order valence-electron chi connectivity index (χ1n) is 6.65. The summed E-state index contributed by atoms with van der Waals surface area (Å²) in [6.07, 6.45) is 0. The lowest BCUT2D eigenvalue weighted by Crippen LogP contribution is -2.44. The maximum absolute atomic E-state index is 11.7. The molecule has 5 nitrogen and oxygen atoms in total. The van der Waals surface area contributed by atoms with E-state index in [0.717, 1.165) is 37.3 Å². The van der Waals surface area contributed by atoms with Crippen LogP contribution in [0.2, 0.25) is 0 Å². The van der Waals surface area contributed by atoms with E-state index in [9.17, 15) is 4.79 Å². The highest BCUT2D eigenvalue weighted by atomic mass is 16.4. The molecule has 1 aromatic heterocycles. The molecular weight excluding hydrogens is 242 g/mol. The number of benzene rings is 1. The lowest BCUT2D eigenvalue weighted by atomic mass is 10.1. The zero-order valence-electron chi connectivity index (χ0n) is 11.6. The van der Waals surface area contributed by atoms with Crippen LogP contribution in [0.5, 0.6) is 0 Å². The number of aryl methyl sites for hydroxylation is 3. The number of nitrogens with one attached hydrogen (secondary N) is 1. The first-order chi connectivity index (χ1) is 9.09. The van der Waals surface area contributed by atoms with Gasteiger partial charge in [-0.2, -0.15) is 0 Å². The summed E-state index contributed by atoms with van der Waals surface area (Å²) in [6.45, 7) is 8.15. The maximum atomic E-state index is 11.7. The second-order valence-corrected chi connectivity index (χ2v) is 5.18. The Morgan fingerprint density at radius 3 is 2.63 bits per heavy atom. The summed E-state index contributed by atoms with van der Waals surface area (Å²) in [5.74, 6) is -0.296. The van der Waals surface area contributed by atoms with Gasteiger partial charge < -0.3 is 14.6 Å². The van der Waals surface area contributed by atoms with Crippen molar-refractivity contribution in [2.75, 3.05) is 31.1 Å². The van der Waals surface area contributed by atoms with Crippen molar-refractivity contribution in [2.45, 2.75) is 13.8 Å². The van der Waals surface area contributed by atoms with Crippen LogP contribution in [0.1, 0.15) is 11.1 Å². The molecular formula is C14H19N3O2.